The van der Waals surface area contributed by atoms with E-state index < -0.39 is 11.8 Å². The number of hydrogen-bond acceptors (Lipinski definition) is 4. The number of anilines is 2. The zero-order valence-electron chi connectivity index (χ0n) is 19.2. The quantitative estimate of drug-likeness (QED) is 0.328. The SMILES string of the molecule is O=C(Nc1ccc(NC(=O)c2cc3ccccc3cc2O)c(Cl)c1)c1cc2ccccc2cc1[O-].[Na+]. The van der Waals surface area contributed by atoms with Crippen LogP contribution in [0, 0.1) is 0 Å². The van der Waals surface area contributed by atoms with Crippen LogP contribution in [0.2, 0.25) is 5.02 Å². The standard InChI is InChI=1S/C28H19ClN2O4.Na/c29-23-15-20(30-27(34)21-11-16-5-1-3-7-18(16)13-25(21)32)9-10-24(23)31-28(35)22-12-17-6-2-4-8-19(17)14-26(22)33;/h1-15,32-33H,(H,30,34)(H,31,35);/q;+1/p-1. The van der Waals surface area contributed by atoms with Gasteiger partial charge in [-0.2, -0.15) is 0 Å². The summed E-state index contributed by atoms with van der Waals surface area (Å²) in [5.74, 6) is -1.62. The molecule has 5 rings (SSSR count). The number of aromatic hydroxyl groups is 1. The van der Waals surface area contributed by atoms with Crippen LogP contribution < -0.4 is 45.3 Å². The van der Waals surface area contributed by atoms with Crippen LogP contribution in [0.3, 0.4) is 0 Å². The number of phenolic OH excluding ortho intramolecular Hbond substituents is 1. The Labute approximate surface area is 233 Å². The number of halogens is 1. The van der Waals surface area contributed by atoms with Gasteiger partial charge >= 0.3 is 29.6 Å². The van der Waals surface area contributed by atoms with Gasteiger partial charge in [0.1, 0.15) is 5.75 Å². The smallest absolute Gasteiger partial charge is 0.872 e. The van der Waals surface area contributed by atoms with Crippen LogP contribution in [-0.2, 0) is 0 Å². The fourth-order valence-corrected chi connectivity index (χ4v) is 4.12. The van der Waals surface area contributed by atoms with Gasteiger partial charge in [0.05, 0.1) is 16.3 Å². The van der Waals surface area contributed by atoms with Gasteiger partial charge < -0.3 is 20.8 Å². The molecule has 0 aliphatic rings. The fourth-order valence-electron chi connectivity index (χ4n) is 3.89. The second-order valence-corrected chi connectivity index (χ2v) is 8.42. The van der Waals surface area contributed by atoms with Gasteiger partial charge in [-0.3, -0.25) is 9.59 Å². The van der Waals surface area contributed by atoms with Crippen LogP contribution in [0.15, 0.2) is 91.0 Å². The first-order valence-electron chi connectivity index (χ1n) is 10.7. The second kappa shape index (κ2) is 10.6. The molecule has 0 spiro atoms. The molecular weight excluding hydrogens is 487 g/mol. The second-order valence-electron chi connectivity index (χ2n) is 8.01. The van der Waals surface area contributed by atoms with Crippen LogP contribution in [0.1, 0.15) is 20.7 Å². The van der Waals surface area contributed by atoms with Gasteiger partial charge in [0.15, 0.2) is 0 Å². The van der Waals surface area contributed by atoms with Crippen molar-refractivity contribution in [3.8, 4) is 11.5 Å². The monoisotopic (exact) mass is 504 g/mol. The van der Waals surface area contributed by atoms with Crippen molar-refractivity contribution in [3.05, 3.63) is 107 Å². The van der Waals surface area contributed by atoms with E-state index in [4.69, 9.17) is 11.6 Å². The summed E-state index contributed by atoms with van der Waals surface area (Å²) in [5.41, 5.74) is 0.789. The Morgan fingerprint density at radius 1 is 0.694 bits per heavy atom. The Kier molecular flexibility index (Phi) is 7.52. The molecular formula is C28H18ClN2NaO4. The summed E-state index contributed by atoms with van der Waals surface area (Å²) in [6.07, 6.45) is 0. The number of amides is 2. The van der Waals surface area contributed by atoms with Crippen molar-refractivity contribution < 1.29 is 49.4 Å². The first-order chi connectivity index (χ1) is 16.9. The van der Waals surface area contributed by atoms with Crippen LogP contribution in [-0.4, -0.2) is 16.9 Å². The molecule has 0 radical (unpaired) electrons. The van der Waals surface area contributed by atoms with Crippen molar-refractivity contribution in [1.82, 2.24) is 0 Å². The molecule has 172 valence electrons. The number of carbonyl (C=O) groups excluding carboxylic acids is 2. The molecule has 0 atom stereocenters. The number of rotatable bonds is 4. The van der Waals surface area contributed by atoms with E-state index in [2.05, 4.69) is 10.6 Å². The Morgan fingerprint density at radius 3 is 1.83 bits per heavy atom. The molecule has 8 heteroatoms. The van der Waals surface area contributed by atoms with Gasteiger partial charge in [-0.1, -0.05) is 71.9 Å². The molecule has 5 aromatic carbocycles. The predicted molar refractivity (Wildman–Crippen MR) is 136 cm³/mol. The summed E-state index contributed by atoms with van der Waals surface area (Å²) >= 11 is 6.34. The summed E-state index contributed by atoms with van der Waals surface area (Å²) in [5, 5.41) is 31.4. The molecule has 0 bridgehead atoms. The molecule has 36 heavy (non-hydrogen) atoms. The average molecular weight is 505 g/mol. The molecule has 0 aromatic heterocycles. The zero-order valence-corrected chi connectivity index (χ0v) is 22.0. The van der Waals surface area contributed by atoms with E-state index in [1.54, 1.807) is 18.2 Å². The first-order valence-corrected chi connectivity index (χ1v) is 11.1. The normalized spacial score (nSPS) is 10.6. The molecule has 5 aromatic rings. The van der Waals surface area contributed by atoms with Crippen molar-refractivity contribution in [2.75, 3.05) is 10.6 Å². The summed E-state index contributed by atoms with van der Waals surface area (Å²) in [7, 11) is 0. The Morgan fingerprint density at radius 2 is 1.22 bits per heavy atom. The number of hydrogen-bond donors (Lipinski definition) is 3. The van der Waals surface area contributed by atoms with Crippen molar-refractivity contribution in [2.24, 2.45) is 0 Å². The van der Waals surface area contributed by atoms with E-state index in [0.717, 1.165) is 21.5 Å². The Bertz CT molecular complexity index is 1640. The van der Waals surface area contributed by atoms with Gasteiger partial charge in [0, 0.05) is 11.3 Å². The van der Waals surface area contributed by atoms with Crippen LogP contribution >= 0.6 is 11.6 Å². The molecule has 0 unspecified atom stereocenters. The van der Waals surface area contributed by atoms with E-state index in [9.17, 15) is 19.8 Å². The molecule has 6 nitrogen and oxygen atoms in total. The molecule has 0 saturated heterocycles. The number of carbonyl (C=O) groups is 2. The molecule has 0 aliphatic carbocycles. The molecule has 0 aliphatic heterocycles. The van der Waals surface area contributed by atoms with Crippen molar-refractivity contribution in [3.63, 3.8) is 0 Å². The van der Waals surface area contributed by atoms with Crippen LogP contribution in [0.5, 0.6) is 11.5 Å². The number of fused-ring (bicyclic) bond motifs is 2. The van der Waals surface area contributed by atoms with Gasteiger partial charge in [0.25, 0.3) is 11.8 Å². The fraction of sp³-hybridized carbons (Fsp3) is 0. The maximum atomic E-state index is 12.8. The topological polar surface area (TPSA) is 101 Å². The minimum absolute atomic E-state index is 0. The van der Waals surface area contributed by atoms with Crippen LogP contribution in [0.25, 0.3) is 21.5 Å². The van der Waals surface area contributed by atoms with Crippen molar-refractivity contribution in [2.45, 2.75) is 0 Å². The van der Waals surface area contributed by atoms with Gasteiger partial charge in [0.2, 0.25) is 0 Å². The molecule has 2 amide bonds. The van der Waals surface area contributed by atoms with E-state index in [0.29, 0.717) is 11.4 Å². The van der Waals surface area contributed by atoms with E-state index >= 15 is 0 Å². The molecule has 0 heterocycles. The summed E-state index contributed by atoms with van der Waals surface area (Å²) in [6, 6.07) is 25.4. The summed E-state index contributed by atoms with van der Waals surface area (Å²) in [4.78, 5) is 25.5. The molecule has 0 fully saturated rings. The third-order valence-electron chi connectivity index (χ3n) is 5.68. The average Bonchev–Trinajstić information content (AvgIpc) is 2.84. The summed E-state index contributed by atoms with van der Waals surface area (Å²) < 4.78 is 0. The minimum atomic E-state index is -0.560. The molecule has 0 saturated carbocycles. The van der Waals surface area contributed by atoms with E-state index in [-0.39, 0.29) is 57.2 Å². The number of phenols is 1. The Balaban J connectivity index is 0.00000304. The Hall–Kier alpha value is -3.55. The van der Waals surface area contributed by atoms with E-state index in [1.165, 1.54) is 24.3 Å². The van der Waals surface area contributed by atoms with Gasteiger partial charge in [-0.15, -0.1) is 0 Å². The van der Waals surface area contributed by atoms with Crippen molar-refractivity contribution in [1.29, 1.82) is 0 Å². The number of benzene rings is 5. The van der Waals surface area contributed by atoms with Gasteiger partial charge in [-0.25, -0.2) is 0 Å². The van der Waals surface area contributed by atoms with Gasteiger partial charge in [-0.05, 0) is 57.9 Å². The summed E-state index contributed by atoms with van der Waals surface area (Å²) in [6.45, 7) is 0. The maximum Gasteiger partial charge on any atom is 1.00 e. The third kappa shape index (κ3) is 5.17. The van der Waals surface area contributed by atoms with Crippen LogP contribution in [0.4, 0.5) is 11.4 Å². The van der Waals surface area contributed by atoms with Crippen molar-refractivity contribution >= 4 is 56.3 Å². The predicted octanol–water partition coefficient (Wildman–Crippen LogP) is 2.93. The minimum Gasteiger partial charge on any atom is -0.872 e. The largest absolute Gasteiger partial charge is 1.00 e. The maximum absolute atomic E-state index is 12.8. The first kappa shape index (κ1) is 25.5. The van der Waals surface area contributed by atoms with E-state index in [1.807, 2.05) is 48.5 Å². The molecule has 3 N–H and O–H groups in total. The third-order valence-corrected chi connectivity index (χ3v) is 5.99. The number of nitrogens with one attached hydrogen (secondary N) is 2. The zero-order chi connectivity index (χ0) is 24.5.